The Balaban J connectivity index is 1.38. The van der Waals surface area contributed by atoms with E-state index in [4.69, 9.17) is 9.84 Å². The summed E-state index contributed by atoms with van der Waals surface area (Å²) >= 11 is 0. The van der Waals surface area contributed by atoms with Crippen molar-refractivity contribution >= 4 is 23.8 Å². The Kier molecular flexibility index (Phi) is 10.0. The molecule has 5 aliphatic carbocycles. The second-order valence-electron chi connectivity index (χ2n) is 18.5. The van der Waals surface area contributed by atoms with Gasteiger partial charge in [-0.2, -0.15) is 0 Å². The number of nitrogens with one attached hydrogen (secondary N) is 2. The number of carboxylic acids is 1. The molecule has 0 heterocycles. The van der Waals surface area contributed by atoms with Crippen LogP contribution in [0.5, 0.6) is 0 Å². The molecule has 270 valence electrons. The van der Waals surface area contributed by atoms with Crippen LogP contribution in [-0.2, 0) is 23.9 Å². The van der Waals surface area contributed by atoms with Crippen molar-refractivity contribution in [1.29, 1.82) is 0 Å². The highest BCUT2D eigenvalue weighted by atomic mass is 16.5. The first kappa shape index (κ1) is 36.9. The largest absolute Gasteiger partial charge is 0.480 e. The van der Waals surface area contributed by atoms with Crippen molar-refractivity contribution in [3.63, 3.8) is 0 Å². The number of amides is 2. The summed E-state index contributed by atoms with van der Waals surface area (Å²) in [4.78, 5) is 49.7. The van der Waals surface area contributed by atoms with Crippen molar-refractivity contribution in [3.05, 3.63) is 11.6 Å². The number of fused-ring (bicyclic) bond motifs is 7. The SMILES string of the molecule is CCCC(=O)O[C@H]1CC[C@]2(C)[C@H]3CC=C4[C@@H]5CC(C)(C)CC[C@]5(C(=O)NCCCC(=O)NCC(=O)O)CC[C@@]4(C)[C@]3(C)CC[C@H]2C1(C)C. The lowest BCUT2D eigenvalue weighted by molar-refractivity contribution is -0.213. The number of carboxylic acid groups (broad SMARTS) is 1. The first-order valence-corrected chi connectivity index (χ1v) is 19.0. The number of carbonyl (C=O) groups excluding carboxylic acids is 3. The molecule has 0 aromatic rings. The summed E-state index contributed by atoms with van der Waals surface area (Å²) in [6, 6.07) is 0. The Hall–Kier alpha value is -2.38. The Morgan fingerprint density at radius 3 is 2.27 bits per heavy atom. The fourth-order valence-corrected chi connectivity index (χ4v) is 12.1. The van der Waals surface area contributed by atoms with Crippen LogP contribution in [0, 0.1) is 50.2 Å². The zero-order valence-electron chi connectivity index (χ0n) is 31.2. The first-order valence-electron chi connectivity index (χ1n) is 19.0. The second-order valence-corrected chi connectivity index (χ2v) is 18.5. The molecule has 0 aromatic carbocycles. The molecule has 8 atom stereocenters. The summed E-state index contributed by atoms with van der Waals surface area (Å²) in [6.07, 6.45) is 14.7. The van der Waals surface area contributed by atoms with Crippen molar-refractivity contribution in [1.82, 2.24) is 10.6 Å². The second kappa shape index (κ2) is 13.1. The quantitative estimate of drug-likeness (QED) is 0.125. The molecule has 0 radical (unpaired) electrons. The Morgan fingerprint density at radius 2 is 1.58 bits per heavy atom. The van der Waals surface area contributed by atoms with E-state index in [1.165, 1.54) is 5.57 Å². The monoisotopic (exact) mass is 668 g/mol. The number of carbonyl (C=O) groups is 4. The van der Waals surface area contributed by atoms with Crippen LogP contribution in [0.15, 0.2) is 11.6 Å². The van der Waals surface area contributed by atoms with Gasteiger partial charge in [0.25, 0.3) is 0 Å². The van der Waals surface area contributed by atoms with E-state index in [1.54, 1.807) is 0 Å². The average Bonchev–Trinajstić information content (AvgIpc) is 2.99. The molecular formula is C40H64N2O6. The summed E-state index contributed by atoms with van der Waals surface area (Å²) in [5.74, 6) is -0.0540. The normalized spacial score (nSPS) is 39.3. The highest BCUT2D eigenvalue weighted by molar-refractivity contribution is 5.84. The summed E-state index contributed by atoms with van der Waals surface area (Å²) < 4.78 is 6.16. The Labute approximate surface area is 289 Å². The Bertz CT molecular complexity index is 1320. The van der Waals surface area contributed by atoms with Crippen molar-refractivity contribution < 1.29 is 29.0 Å². The molecule has 48 heavy (non-hydrogen) atoms. The molecule has 0 aromatic heterocycles. The van der Waals surface area contributed by atoms with Gasteiger partial charge in [0, 0.05) is 24.8 Å². The fourth-order valence-electron chi connectivity index (χ4n) is 12.1. The van der Waals surface area contributed by atoms with Crippen LogP contribution in [-0.4, -0.2) is 48.1 Å². The fraction of sp³-hybridized carbons (Fsp3) is 0.850. The number of hydrogen-bond acceptors (Lipinski definition) is 5. The predicted octanol–water partition coefficient (Wildman–Crippen LogP) is 7.60. The summed E-state index contributed by atoms with van der Waals surface area (Å²) in [6.45, 7) is 19.2. The molecule has 8 nitrogen and oxygen atoms in total. The highest BCUT2D eigenvalue weighted by Gasteiger charge is 2.69. The first-order chi connectivity index (χ1) is 22.4. The van der Waals surface area contributed by atoms with E-state index in [1.807, 2.05) is 6.92 Å². The van der Waals surface area contributed by atoms with Crippen LogP contribution in [0.4, 0.5) is 0 Å². The summed E-state index contributed by atoms with van der Waals surface area (Å²) in [7, 11) is 0. The number of hydrogen-bond donors (Lipinski definition) is 3. The third-order valence-electron chi connectivity index (χ3n) is 15.1. The minimum absolute atomic E-state index is 0.0164. The molecule has 4 fully saturated rings. The van der Waals surface area contributed by atoms with Gasteiger partial charge in [-0.05, 0) is 116 Å². The van der Waals surface area contributed by atoms with E-state index in [9.17, 15) is 19.2 Å². The van der Waals surface area contributed by atoms with Crippen LogP contribution < -0.4 is 10.6 Å². The van der Waals surface area contributed by atoms with E-state index in [-0.39, 0.29) is 69.8 Å². The van der Waals surface area contributed by atoms with Gasteiger partial charge in [0.2, 0.25) is 11.8 Å². The summed E-state index contributed by atoms with van der Waals surface area (Å²) in [5, 5.41) is 14.5. The molecule has 2 amide bonds. The molecule has 0 bridgehead atoms. The standard InChI is InChI=1S/C40H64N2O6/c1-9-11-33(46)48-30-16-17-37(6)28(36(30,4)5)15-18-39(8)29(37)14-13-26-27-24-35(2,3)19-21-40(27,22-20-38(26,39)7)34(47)41-23-10-12-31(43)42-25-32(44)45/h13,27-30H,9-12,14-25H2,1-8H3,(H,41,47)(H,42,43)(H,44,45)/t27-,28-,29+,30-,37-,38+,39+,40-/m0/s1. The maximum Gasteiger partial charge on any atom is 0.322 e. The van der Waals surface area contributed by atoms with Gasteiger partial charge in [-0.1, -0.05) is 67.0 Å². The third kappa shape index (κ3) is 6.14. The molecule has 8 heteroatoms. The van der Waals surface area contributed by atoms with E-state index >= 15 is 0 Å². The number of esters is 1. The maximum absolute atomic E-state index is 14.3. The van der Waals surface area contributed by atoms with Crippen molar-refractivity contribution in [2.24, 2.45) is 50.2 Å². The zero-order valence-corrected chi connectivity index (χ0v) is 31.2. The van der Waals surface area contributed by atoms with Gasteiger partial charge >= 0.3 is 11.9 Å². The predicted molar refractivity (Wildman–Crippen MR) is 187 cm³/mol. The van der Waals surface area contributed by atoms with Crippen molar-refractivity contribution in [3.8, 4) is 0 Å². The van der Waals surface area contributed by atoms with Gasteiger partial charge in [0.15, 0.2) is 0 Å². The van der Waals surface area contributed by atoms with Gasteiger partial charge in [0.05, 0.1) is 5.41 Å². The van der Waals surface area contributed by atoms with Crippen molar-refractivity contribution in [2.45, 2.75) is 151 Å². The molecule has 5 rings (SSSR count). The van der Waals surface area contributed by atoms with E-state index in [0.29, 0.717) is 31.2 Å². The third-order valence-corrected chi connectivity index (χ3v) is 15.1. The molecule has 0 spiro atoms. The maximum atomic E-state index is 14.3. The van der Waals surface area contributed by atoms with Crippen LogP contribution >= 0.6 is 0 Å². The minimum Gasteiger partial charge on any atom is -0.480 e. The molecule has 3 N–H and O–H groups in total. The molecule has 5 aliphatic rings. The van der Waals surface area contributed by atoms with Gasteiger partial charge in [-0.3, -0.25) is 19.2 Å². The number of rotatable bonds is 10. The number of allylic oxidation sites excluding steroid dienone is 2. The molecule has 0 unspecified atom stereocenters. The van der Waals surface area contributed by atoms with Crippen LogP contribution in [0.1, 0.15) is 145 Å². The number of aliphatic carboxylic acids is 1. The topological polar surface area (TPSA) is 122 Å². The van der Waals surface area contributed by atoms with Crippen molar-refractivity contribution in [2.75, 3.05) is 13.1 Å². The minimum atomic E-state index is -1.06. The van der Waals surface area contributed by atoms with Crippen LogP contribution in [0.2, 0.25) is 0 Å². The van der Waals surface area contributed by atoms with Crippen LogP contribution in [0.25, 0.3) is 0 Å². The number of ether oxygens (including phenoxy) is 1. The molecule has 4 saturated carbocycles. The highest BCUT2D eigenvalue weighted by Crippen LogP contribution is 2.75. The molecular weight excluding hydrogens is 604 g/mol. The zero-order chi connectivity index (χ0) is 35.3. The van der Waals surface area contributed by atoms with E-state index < -0.39 is 11.4 Å². The van der Waals surface area contributed by atoms with E-state index in [2.05, 4.69) is 65.2 Å². The summed E-state index contributed by atoms with van der Waals surface area (Å²) in [5.41, 5.74) is 1.48. The lowest BCUT2D eigenvalue weighted by Crippen LogP contribution is -2.65. The lowest BCUT2D eigenvalue weighted by Gasteiger charge is -2.71. The van der Waals surface area contributed by atoms with E-state index in [0.717, 1.165) is 70.6 Å². The lowest BCUT2D eigenvalue weighted by atomic mass is 9.33. The van der Waals surface area contributed by atoms with Gasteiger partial charge < -0.3 is 20.5 Å². The van der Waals surface area contributed by atoms with Crippen LogP contribution in [0.3, 0.4) is 0 Å². The van der Waals surface area contributed by atoms with Gasteiger partial charge in [-0.15, -0.1) is 0 Å². The molecule has 0 aliphatic heterocycles. The smallest absolute Gasteiger partial charge is 0.322 e. The van der Waals surface area contributed by atoms with Gasteiger partial charge in [-0.25, -0.2) is 0 Å². The average molecular weight is 669 g/mol. The van der Waals surface area contributed by atoms with Gasteiger partial charge in [0.1, 0.15) is 12.6 Å². The molecule has 0 saturated heterocycles. The Morgan fingerprint density at radius 1 is 0.875 bits per heavy atom.